The van der Waals surface area contributed by atoms with Gasteiger partial charge in [0.05, 0.1) is 11.2 Å². The Kier molecular flexibility index (Phi) is 4.78. The van der Waals surface area contributed by atoms with Crippen molar-refractivity contribution in [1.29, 1.82) is 0 Å². The summed E-state index contributed by atoms with van der Waals surface area (Å²) in [6.07, 6.45) is 3.01. The highest BCUT2D eigenvalue weighted by atomic mass is 19.1. The molecule has 0 spiro atoms. The number of urea groups is 1. The van der Waals surface area contributed by atoms with Gasteiger partial charge in [-0.15, -0.1) is 5.10 Å². The van der Waals surface area contributed by atoms with E-state index in [4.69, 9.17) is 4.42 Å². The molecule has 158 valence electrons. The van der Waals surface area contributed by atoms with Gasteiger partial charge in [-0.1, -0.05) is 12.1 Å². The molecule has 0 bridgehead atoms. The van der Waals surface area contributed by atoms with Gasteiger partial charge in [0.1, 0.15) is 5.82 Å². The van der Waals surface area contributed by atoms with E-state index in [1.807, 2.05) is 18.2 Å². The fourth-order valence-electron chi connectivity index (χ4n) is 3.97. The third kappa shape index (κ3) is 3.70. The van der Waals surface area contributed by atoms with E-state index in [1.54, 1.807) is 44.6 Å². The zero-order valence-electron chi connectivity index (χ0n) is 16.6. The zero-order valence-corrected chi connectivity index (χ0v) is 16.6. The maximum atomic E-state index is 13.1. The summed E-state index contributed by atoms with van der Waals surface area (Å²) in [6.45, 7) is 1.03. The van der Waals surface area contributed by atoms with Crippen LogP contribution in [0.4, 0.5) is 15.0 Å². The van der Waals surface area contributed by atoms with Crippen molar-refractivity contribution in [2.24, 2.45) is 0 Å². The van der Waals surface area contributed by atoms with E-state index in [1.165, 1.54) is 12.1 Å². The molecule has 9 heteroatoms. The van der Waals surface area contributed by atoms with Gasteiger partial charge in [-0.2, -0.15) is 0 Å². The molecular formula is C22H20FN5O3. The molecule has 5 rings (SSSR count). The molecule has 0 radical (unpaired) electrons. The van der Waals surface area contributed by atoms with E-state index in [9.17, 15) is 14.0 Å². The number of anilines is 1. The molecule has 31 heavy (non-hydrogen) atoms. The van der Waals surface area contributed by atoms with Crippen LogP contribution in [0.3, 0.4) is 0 Å². The summed E-state index contributed by atoms with van der Waals surface area (Å²) < 4.78 is 21.7. The van der Waals surface area contributed by atoms with Crippen molar-refractivity contribution < 1.29 is 13.6 Å². The Morgan fingerprint density at radius 3 is 2.58 bits per heavy atom. The van der Waals surface area contributed by atoms with Crippen molar-refractivity contribution in [3.8, 4) is 5.69 Å². The number of carbonyl (C=O) groups is 1. The standard InChI is InChI=1S/C22H20FN5O3/c23-15-5-7-16(8-6-15)27-14-11-20(25-27)24-21(29)26-12-9-17(10-13-26)28-18-3-1-2-4-19(18)31-22(28)30/h1-8,11,14,17H,9-10,12-13H2,(H,24,25,29). The van der Waals surface area contributed by atoms with Crippen molar-refractivity contribution in [1.82, 2.24) is 19.2 Å². The lowest BCUT2D eigenvalue weighted by atomic mass is 10.0. The second-order valence-electron chi connectivity index (χ2n) is 7.48. The number of likely N-dealkylation sites (tertiary alicyclic amines) is 1. The molecule has 0 aliphatic carbocycles. The summed E-state index contributed by atoms with van der Waals surface area (Å²) in [5.74, 6) is -0.276. The molecule has 2 amide bonds. The van der Waals surface area contributed by atoms with Gasteiger partial charge in [-0.25, -0.2) is 18.7 Å². The van der Waals surface area contributed by atoms with Crippen molar-refractivity contribution in [2.75, 3.05) is 18.4 Å². The van der Waals surface area contributed by atoms with Crippen molar-refractivity contribution in [3.63, 3.8) is 0 Å². The molecule has 1 N–H and O–H groups in total. The summed E-state index contributed by atoms with van der Waals surface area (Å²) >= 11 is 0. The van der Waals surface area contributed by atoms with E-state index >= 15 is 0 Å². The van der Waals surface area contributed by atoms with Crippen LogP contribution in [0.1, 0.15) is 18.9 Å². The monoisotopic (exact) mass is 421 g/mol. The van der Waals surface area contributed by atoms with Gasteiger partial charge in [-0.3, -0.25) is 9.88 Å². The average molecular weight is 421 g/mol. The van der Waals surface area contributed by atoms with E-state index in [2.05, 4.69) is 10.4 Å². The first-order valence-electron chi connectivity index (χ1n) is 10.1. The van der Waals surface area contributed by atoms with Crippen molar-refractivity contribution in [2.45, 2.75) is 18.9 Å². The van der Waals surface area contributed by atoms with Crippen LogP contribution < -0.4 is 11.1 Å². The van der Waals surface area contributed by atoms with Crippen LogP contribution in [0.15, 0.2) is 70.0 Å². The number of hydrogen-bond acceptors (Lipinski definition) is 4. The van der Waals surface area contributed by atoms with E-state index in [-0.39, 0.29) is 23.6 Å². The van der Waals surface area contributed by atoms with Gasteiger partial charge in [0.15, 0.2) is 11.4 Å². The normalized spacial score (nSPS) is 14.8. The van der Waals surface area contributed by atoms with E-state index < -0.39 is 0 Å². The smallest absolute Gasteiger partial charge is 0.408 e. The molecule has 3 heterocycles. The molecule has 8 nitrogen and oxygen atoms in total. The minimum absolute atomic E-state index is 0.0158. The van der Waals surface area contributed by atoms with Crippen molar-refractivity contribution >= 4 is 22.9 Å². The molecule has 1 saturated heterocycles. The molecule has 1 fully saturated rings. The van der Waals surface area contributed by atoms with Gasteiger partial charge in [0.2, 0.25) is 0 Å². The highest BCUT2D eigenvalue weighted by Gasteiger charge is 2.27. The van der Waals surface area contributed by atoms with Gasteiger partial charge in [-0.05, 0) is 49.2 Å². The Balaban J connectivity index is 1.23. The maximum Gasteiger partial charge on any atom is 0.420 e. The quantitative estimate of drug-likeness (QED) is 0.545. The zero-order chi connectivity index (χ0) is 21.4. The van der Waals surface area contributed by atoms with Crippen LogP contribution in [0.5, 0.6) is 0 Å². The molecular weight excluding hydrogens is 401 g/mol. The minimum atomic E-state index is -0.365. The first kappa shape index (κ1) is 19.1. The molecule has 2 aromatic heterocycles. The van der Waals surface area contributed by atoms with Gasteiger partial charge in [0, 0.05) is 31.4 Å². The molecule has 2 aromatic carbocycles. The van der Waals surface area contributed by atoms with Gasteiger partial charge < -0.3 is 9.32 Å². The Morgan fingerprint density at radius 2 is 1.81 bits per heavy atom. The summed E-state index contributed by atoms with van der Waals surface area (Å²) in [7, 11) is 0. The Morgan fingerprint density at radius 1 is 1.06 bits per heavy atom. The molecule has 1 aliphatic heterocycles. The average Bonchev–Trinajstić information content (AvgIpc) is 3.38. The van der Waals surface area contributed by atoms with Crippen LogP contribution in [0, 0.1) is 5.82 Å². The maximum absolute atomic E-state index is 13.1. The lowest BCUT2D eigenvalue weighted by Gasteiger charge is -2.32. The highest BCUT2D eigenvalue weighted by Crippen LogP contribution is 2.26. The number of nitrogens with one attached hydrogen (secondary N) is 1. The number of hydrogen-bond donors (Lipinski definition) is 1. The third-order valence-corrected chi connectivity index (χ3v) is 5.55. The van der Waals surface area contributed by atoms with Crippen LogP contribution in [0.25, 0.3) is 16.8 Å². The van der Waals surface area contributed by atoms with Crippen molar-refractivity contribution in [3.05, 3.63) is 77.2 Å². The first-order valence-corrected chi connectivity index (χ1v) is 10.1. The summed E-state index contributed by atoms with van der Waals surface area (Å²) in [6, 6.07) is 14.7. The number of piperidine rings is 1. The molecule has 1 aliphatic rings. The fraction of sp³-hybridized carbons (Fsp3) is 0.227. The van der Waals surface area contributed by atoms with Gasteiger partial charge >= 0.3 is 11.8 Å². The minimum Gasteiger partial charge on any atom is -0.408 e. The van der Waals surface area contributed by atoms with E-state index in [0.29, 0.717) is 43.0 Å². The molecule has 0 atom stereocenters. The van der Waals surface area contributed by atoms with Crippen LogP contribution >= 0.6 is 0 Å². The molecule has 0 unspecified atom stereocenters. The number of fused-ring (bicyclic) bond motifs is 1. The fourth-order valence-corrected chi connectivity index (χ4v) is 3.97. The number of benzene rings is 2. The number of halogens is 1. The topological polar surface area (TPSA) is 85.3 Å². The second kappa shape index (κ2) is 7.75. The lowest BCUT2D eigenvalue weighted by Crippen LogP contribution is -2.42. The third-order valence-electron chi connectivity index (χ3n) is 5.55. The SMILES string of the molecule is O=C(Nc1ccn(-c2ccc(F)cc2)n1)N1CCC(n2c(=O)oc3ccccc32)CC1. The second-order valence-corrected chi connectivity index (χ2v) is 7.48. The number of para-hydroxylation sites is 2. The summed E-state index contributed by atoms with van der Waals surface area (Å²) in [4.78, 5) is 26.7. The Labute approximate surface area is 176 Å². The summed E-state index contributed by atoms with van der Waals surface area (Å²) in [5.41, 5.74) is 2.05. The Hall–Kier alpha value is -3.88. The van der Waals surface area contributed by atoms with Crippen LogP contribution in [0.2, 0.25) is 0 Å². The lowest BCUT2D eigenvalue weighted by molar-refractivity contribution is 0.182. The molecule has 0 saturated carbocycles. The number of carbonyl (C=O) groups excluding carboxylic acids is 1. The number of rotatable bonds is 3. The number of oxazole rings is 1. The van der Waals surface area contributed by atoms with Crippen LogP contribution in [-0.4, -0.2) is 38.4 Å². The highest BCUT2D eigenvalue weighted by molar-refractivity contribution is 5.88. The predicted octanol–water partition coefficient (Wildman–Crippen LogP) is 3.79. The van der Waals surface area contributed by atoms with Crippen LogP contribution in [-0.2, 0) is 0 Å². The Bertz CT molecular complexity index is 1280. The number of nitrogens with zero attached hydrogens (tertiary/aromatic N) is 4. The van der Waals surface area contributed by atoms with Gasteiger partial charge in [0.25, 0.3) is 0 Å². The summed E-state index contributed by atoms with van der Waals surface area (Å²) in [5, 5.41) is 7.12. The first-order chi connectivity index (χ1) is 15.1. The molecule has 4 aromatic rings. The predicted molar refractivity (Wildman–Crippen MR) is 113 cm³/mol. The number of aromatic nitrogens is 3. The number of amides is 2. The van der Waals surface area contributed by atoms with E-state index in [0.717, 1.165) is 5.52 Å². The largest absolute Gasteiger partial charge is 0.420 e.